The lowest BCUT2D eigenvalue weighted by Crippen LogP contribution is -2.29. The second kappa shape index (κ2) is 5.82. The Morgan fingerprint density at radius 2 is 2.12 bits per heavy atom. The van der Waals surface area contributed by atoms with E-state index < -0.39 is 0 Å². The molecular weight excluding hydrogens is 236 g/mol. The van der Waals surface area contributed by atoms with Gasteiger partial charge in [0.05, 0.1) is 17.3 Å². The van der Waals surface area contributed by atoms with Gasteiger partial charge in [0.15, 0.2) is 0 Å². The molecule has 0 aromatic heterocycles. The van der Waals surface area contributed by atoms with Gasteiger partial charge in [0.25, 0.3) is 0 Å². The summed E-state index contributed by atoms with van der Waals surface area (Å²) in [6, 6.07) is 5.44. The number of nitrogens with zero attached hydrogens (tertiary/aromatic N) is 1. The molecule has 2 N–H and O–H groups in total. The average molecular weight is 254 g/mol. The molecule has 1 aromatic carbocycles. The van der Waals surface area contributed by atoms with E-state index in [9.17, 15) is 4.79 Å². The van der Waals surface area contributed by atoms with E-state index in [2.05, 4.69) is 0 Å². The minimum absolute atomic E-state index is 0.0777. The summed E-state index contributed by atoms with van der Waals surface area (Å²) in [5.74, 6) is 0.780. The van der Waals surface area contributed by atoms with Gasteiger partial charge in [-0.3, -0.25) is 4.79 Å². The van der Waals surface area contributed by atoms with Crippen LogP contribution in [0.25, 0.3) is 0 Å². The zero-order valence-electron chi connectivity index (χ0n) is 10.6. The highest BCUT2D eigenvalue weighted by Crippen LogP contribution is 2.33. The largest absolute Gasteiger partial charge is 0.496 e. The maximum absolute atomic E-state index is 11.8. The van der Waals surface area contributed by atoms with Crippen LogP contribution in [0.3, 0.4) is 0 Å². The van der Waals surface area contributed by atoms with Crippen molar-refractivity contribution in [1.29, 1.82) is 0 Å². The Morgan fingerprint density at radius 3 is 2.65 bits per heavy atom. The lowest BCUT2D eigenvalue weighted by Gasteiger charge is -2.17. The number of nitrogens with two attached hydrogens (primary N) is 1. The average Bonchev–Trinajstić information content (AvgIpc) is 2.30. The van der Waals surface area contributed by atoms with Crippen LogP contribution in [0.15, 0.2) is 23.1 Å². The van der Waals surface area contributed by atoms with Gasteiger partial charge >= 0.3 is 0 Å². The number of amides is 1. The van der Waals surface area contributed by atoms with E-state index in [1.54, 1.807) is 38.2 Å². The molecule has 1 unspecified atom stereocenters. The molecule has 5 heteroatoms. The SMILES string of the molecule is COc1cc(N)ccc1SC(C)C(=O)N(C)C. The van der Waals surface area contributed by atoms with Gasteiger partial charge in [0.2, 0.25) is 5.91 Å². The maximum Gasteiger partial charge on any atom is 0.235 e. The maximum atomic E-state index is 11.8. The zero-order valence-corrected chi connectivity index (χ0v) is 11.4. The predicted octanol–water partition coefficient (Wildman–Crippen LogP) is 1.85. The van der Waals surface area contributed by atoms with Crippen molar-refractivity contribution in [2.24, 2.45) is 0 Å². The Balaban J connectivity index is 2.84. The highest BCUT2D eigenvalue weighted by atomic mass is 32.2. The third kappa shape index (κ3) is 3.56. The van der Waals surface area contributed by atoms with Gasteiger partial charge in [-0.05, 0) is 19.1 Å². The summed E-state index contributed by atoms with van der Waals surface area (Å²) >= 11 is 1.47. The van der Waals surface area contributed by atoms with E-state index in [1.165, 1.54) is 11.8 Å². The van der Waals surface area contributed by atoms with E-state index >= 15 is 0 Å². The number of hydrogen-bond donors (Lipinski definition) is 1. The first-order valence-corrected chi connectivity index (χ1v) is 6.15. The minimum atomic E-state index is -0.150. The molecule has 0 saturated carbocycles. The highest BCUT2D eigenvalue weighted by Gasteiger charge is 2.18. The lowest BCUT2D eigenvalue weighted by molar-refractivity contribution is -0.127. The number of hydrogen-bond acceptors (Lipinski definition) is 4. The third-order valence-corrected chi connectivity index (χ3v) is 3.43. The summed E-state index contributed by atoms with van der Waals surface area (Å²) in [5.41, 5.74) is 6.33. The molecule has 1 amide bonds. The molecule has 0 saturated heterocycles. The lowest BCUT2D eigenvalue weighted by atomic mass is 10.3. The number of nitrogen functional groups attached to an aromatic ring is 1. The number of benzene rings is 1. The van der Waals surface area contributed by atoms with Gasteiger partial charge in [-0.15, -0.1) is 11.8 Å². The van der Waals surface area contributed by atoms with Gasteiger partial charge in [-0.25, -0.2) is 0 Å². The van der Waals surface area contributed by atoms with Crippen LogP contribution < -0.4 is 10.5 Å². The Labute approximate surface area is 106 Å². The van der Waals surface area contributed by atoms with Crippen LogP contribution in [0.2, 0.25) is 0 Å². The molecule has 0 spiro atoms. The van der Waals surface area contributed by atoms with Crippen LogP contribution in [0, 0.1) is 0 Å². The first-order valence-electron chi connectivity index (χ1n) is 5.27. The van der Waals surface area contributed by atoms with Crippen molar-refractivity contribution in [1.82, 2.24) is 4.90 Å². The fourth-order valence-electron chi connectivity index (χ4n) is 1.39. The fourth-order valence-corrected chi connectivity index (χ4v) is 2.48. The van der Waals surface area contributed by atoms with Crippen LogP contribution in [0.5, 0.6) is 5.75 Å². The van der Waals surface area contributed by atoms with Gasteiger partial charge in [-0.2, -0.15) is 0 Å². The summed E-state index contributed by atoms with van der Waals surface area (Å²) in [6.07, 6.45) is 0. The Hall–Kier alpha value is -1.36. The molecule has 0 fully saturated rings. The van der Waals surface area contributed by atoms with Crippen LogP contribution in [0.4, 0.5) is 5.69 Å². The molecule has 0 radical (unpaired) electrons. The first-order chi connectivity index (χ1) is 7.95. The van der Waals surface area contributed by atoms with Crippen molar-refractivity contribution in [3.05, 3.63) is 18.2 Å². The van der Waals surface area contributed by atoms with Crippen LogP contribution in [-0.4, -0.2) is 37.3 Å². The van der Waals surface area contributed by atoms with Crippen molar-refractivity contribution >= 4 is 23.4 Å². The molecule has 1 rings (SSSR count). The first kappa shape index (κ1) is 13.7. The number of ether oxygens (including phenoxy) is 1. The number of rotatable bonds is 4. The molecule has 0 aliphatic carbocycles. The fraction of sp³-hybridized carbons (Fsp3) is 0.417. The molecule has 0 aliphatic rings. The molecule has 17 heavy (non-hydrogen) atoms. The van der Waals surface area contributed by atoms with Crippen LogP contribution >= 0.6 is 11.8 Å². The van der Waals surface area contributed by atoms with Crippen molar-refractivity contribution in [2.75, 3.05) is 26.9 Å². The van der Waals surface area contributed by atoms with Crippen molar-refractivity contribution in [3.63, 3.8) is 0 Å². The topological polar surface area (TPSA) is 55.6 Å². The van der Waals surface area contributed by atoms with Crippen molar-refractivity contribution in [3.8, 4) is 5.75 Å². The third-order valence-electron chi connectivity index (χ3n) is 2.28. The molecule has 0 heterocycles. The van der Waals surface area contributed by atoms with Crippen molar-refractivity contribution < 1.29 is 9.53 Å². The number of anilines is 1. The van der Waals surface area contributed by atoms with Gasteiger partial charge in [0.1, 0.15) is 5.75 Å². The summed E-state index contributed by atoms with van der Waals surface area (Å²) in [4.78, 5) is 14.3. The van der Waals surface area contributed by atoms with E-state index in [0.717, 1.165) is 4.90 Å². The standard InChI is InChI=1S/C12H18N2O2S/c1-8(12(15)14(2)3)17-11-6-5-9(13)7-10(11)16-4/h5-8H,13H2,1-4H3. The van der Waals surface area contributed by atoms with E-state index in [4.69, 9.17) is 10.5 Å². The van der Waals surface area contributed by atoms with E-state index in [-0.39, 0.29) is 11.2 Å². The Bertz CT molecular complexity index is 407. The molecule has 1 atom stereocenters. The molecule has 1 aromatic rings. The number of carbonyl (C=O) groups excluding carboxylic acids is 1. The molecule has 4 nitrogen and oxygen atoms in total. The normalized spacial score (nSPS) is 12.0. The van der Waals surface area contributed by atoms with Gasteiger partial charge < -0.3 is 15.4 Å². The molecule has 94 valence electrons. The van der Waals surface area contributed by atoms with Crippen molar-refractivity contribution in [2.45, 2.75) is 17.1 Å². The second-order valence-electron chi connectivity index (χ2n) is 3.90. The quantitative estimate of drug-likeness (QED) is 0.658. The molecule has 0 aliphatic heterocycles. The van der Waals surface area contributed by atoms with Gasteiger partial charge in [0, 0.05) is 25.8 Å². The number of methoxy groups -OCH3 is 1. The summed E-state index contributed by atoms with van der Waals surface area (Å²) < 4.78 is 5.24. The van der Waals surface area contributed by atoms with Crippen LogP contribution in [0.1, 0.15) is 6.92 Å². The Kier molecular flexibility index (Phi) is 4.69. The summed E-state index contributed by atoms with van der Waals surface area (Å²) in [5, 5.41) is -0.150. The van der Waals surface area contributed by atoms with E-state index in [1.807, 2.05) is 13.0 Å². The monoisotopic (exact) mass is 254 g/mol. The summed E-state index contributed by atoms with van der Waals surface area (Å²) in [6.45, 7) is 1.88. The van der Waals surface area contributed by atoms with E-state index in [0.29, 0.717) is 11.4 Å². The molecule has 0 bridgehead atoms. The smallest absolute Gasteiger partial charge is 0.235 e. The number of carbonyl (C=O) groups is 1. The Morgan fingerprint density at radius 1 is 1.47 bits per heavy atom. The van der Waals surface area contributed by atoms with Gasteiger partial charge in [-0.1, -0.05) is 0 Å². The number of thioether (sulfide) groups is 1. The highest BCUT2D eigenvalue weighted by molar-refractivity contribution is 8.00. The molecular formula is C12H18N2O2S. The second-order valence-corrected chi connectivity index (χ2v) is 5.29. The predicted molar refractivity (Wildman–Crippen MR) is 71.4 cm³/mol. The zero-order chi connectivity index (χ0) is 13.0. The van der Waals surface area contributed by atoms with Crippen LogP contribution in [-0.2, 0) is 4.79 Å². The summed E-state index contributed by atoms with van der Waals surface area (Å²) in [7, 11) is 5.09. The minimum Gasteiger partial charge on any atom is -0.496 e.